The molecular formula is C19H24FN3O2S. The summed E-state index contributed by atoms with van der Waals surface area (Å²) in [5.41, 5.74) is 1.49. The molecule has 0 saturated carbocycles. The van der Waals surface area contributed by atoms with Gasteiger partial charge in [-0.25, -0.2) is 9.37 Å². The van der Waals surface area contributed by atoms with Crippen LogP contribution in [0.15, 0.2) is 24.3 Å². The summed E-state index contributed by atoms with van der Waals surface area (Å²) < 4.78 is 18.5. The third kappa shape index (κ3) is 4.28. The number of carbonyl (C=O) groups excluding carboxylic acids is 1. The molecule has 1 aliphatic heterocycles. The molecule has 0 bridgehead atoms. The van der Waals surface area contributed by atoms with Crippen molar-refractivity contribution in [1.29, 1.82) is 0 Å². The van der Waals surface area contributed by atoms with Crippen molar-refractivity contribution in [3.63, 3.8) is 0 Å². The van der Waals surface area contributed by atoms with E-state index in [1.54, 1.807) is 19.2 Å². The monoisotopic (exact) mass is 377 g/mol. The van der Waals surface area contributed by atoms with Crippen LogP contribution in [0.1, 0.15) is 28.2 Å². The second-order valence-electron chi connectivity index (χ2n) is 6.81. The first-order valence-electron chi connectivity index (χ1n) is 8.74. The summed E-state index contributed by atoms with van der Waals surface area (Å²) in [5.74, 6) is -0.396. The lowest BCUT2D eigenvalue weighted by molar-refractivity contribution is 0.0512. The van der Waals surface area contributed by atoms with Crippen molar-refractivity contribution in [1.82, 2.24) is 15.6 Å². The van der Waals surface area contributed by atoms with Crippen LogP contribution in [0.2, 0.25) is 0 Å². The van der Waals surface area contributed by atoms with Crippen LogP contribution in [0, 0.1) is 18.2 Å². The Bertz CT molecular complexity index is 749. The van der Waals surface area contributed by atoms with Gasteiger partial charge in [0.05, 0.1) is 12.3 Å². The van der Waals surface area contributed by atoms with Crippen LogP contribution in [0.25, 0.3) is 10.6 Å². The van der Waals surface area contributed by atoms with Gasteiger partial charge in [-0.15, -0.1) is 11.3 Å². The molecule has 7 heteroatoms. The van der Waals surface area contributed by atoms with Crippen LogP contribution in [-0.2, 0) is 4.74 Å². The Morgan fingerprint density at radius 2 is 2.04 bits per heavy atom. The van der Waals surface area contributed by atoms with Gasteiger partial charge in [0.1, 0.15) is 15.7 Å². The van der Waals surface area contributed by atoms with Crippen LogP contribution in [0.3, 0.4) is 0 Å². The molecule has 1 aromatic carbocycles. The maximum absolute atomic E-state index is 13.1. The molecule has 0 unspecified atom stereocenters. The average molecular weight is 377 g/mol. The van der Waals surface area contributed by atoms with E-state index >= 15 is 0 Å². The van der Waals surface area contributed by atoms with E-state index in [9.17, 15) is 9.18 Å². The average Bonchev–Trinajstić information content (AvgIpc) is 3.03. The van der Waals surface area contributed by atoms with Crippen LogP contribution in [0.4, 0.5) is 4.39 Å². The van der Waals surface area contributed by atoms with Gasteiger partial charge in [-0.2, -0.15) is 0 Å². The number of benzene rings is 1. The van der Waals surface area contributed by atoms with E-state index in [1.165, 1.54) is 23.5 Å². The number of aryl methyl sites for hydroxylation is 1. The van der Waals surface area contributed by atoms with Gasteiger partial charge < -0.3 is 15.4 Å². The Hall–Kier alpha value is -1.83. The number of rotatable bonds is 6. The minimum absolute atomic E-state index is 0.0198. The molecule has 1 aromatic heterocycles. The van der Waals surface area contributed by atoms with Crippen molar-refractivity contribution in [3.8, 4) is 10.6 Å². The van der Waals surface area contributed by atoms with Crippen molar-refractivity contribution in [2.75, 3.05) is 33.4 Å². The first kappa shape index (κ1) is 18.9. The third-order valence-electron chi connectivity index (χ3n) is 4.83. The molecule has 1 fully saturated rings. The molecule has 0 radical (unpaired) electrons. The van der Waals surface area contributed by atoms with Gasteiger partial charge in [0, 0.05) is 24.6 Å². The largest absolute Gasteiger partial charge is 0.384 e. The molecule has 26 heavy (non-hydrogen) atoms. The summed E-state index contributed by atoms with van der Waals surface area (Å²) in [6, 6.07) is 6.16. The number of thiazole rings is 1. The van der Waals surface area contributed by atoms with Gasteiger partial charge >= 0.3 is 0 Å². The number of nitrogens with one attached hydrogen (secondary N) is 2. The third-order valence-corrected chi connectivity index (χ3v) is 6.04. The lowest BCUT2D eigenvalue weighted by Crippen LogP contribution is -2.47. The second kappa shape index (κ2) is 8.24. The summed E-state index contributed by atoms with van der Waals surface area (Å²) in [5, 5.41) is 7.14. The van der Waals surface area contributed by atoms with Crippen molar-refractivity contribution >= 4 is 17.2 Å². The van der Waals surface area contributed by atoms with Gasteiger partial charge in [-0.05, 0) is 57.1 Å². The van der Waals surface area contributed by atoms with Crippen LogP contribution < -0.4 is 10.6 Å². The van der Waals surface area contributed by atoms with Gasteiger partial charge in [0.2, 0.25) is 0 Å². The highest BCUT2D eigenvalue weighted by atomic mass is 32.1. The number of ether oxygens (including phenoxy) is 1. The number of carbonyl (C=O) groups is 1. The number of nitrogens with zero attached hydrogens (tertiary/aromatic N) is 1. The SMILES string of the molecule is COCC1(CNC(=O)c2sc(-c3ccc(F)cc3)nc2C)CCNCC1. The second-order valence-corrected chi connectivity index (χ2v) is 7.81. The van der Waals surface area contributed by atoms with Gasteiger partial charge in [0.15, 0.2) is 0 Å². The van der Waals surface area contributed by atoms with E-state index < -0.39 is 0 Å². The van der Waals surface area contributed by atoms with E-state index in [0.29, 0.717) is 23.7 Å². The number of hydrogen-bond acceptors (Lipinski definition) is 5. The Labute approximate surface area is 157 Å². The molecule has 1 aliphatic rings. The minimum atomic E-state index is -0.287. The standard InChI is InChI=1S/C19H24FN3O2S/c1-13-16(26-18(23-13)14-3-5-15(20)6-4-14)17(24)22-11-19(12-25-2)7-9-21-10-8-19/h3-6,21H,7-12H2,1-2H3,(H,22,24). The Balaban J connectivity index is 1.70. The van der Waals surface area contributed by atoms with Crippen molar-refractivity contribution in [2.45, 2.75) is 19.8 Å². The highest BCUT2D eigenvalue weighted by Crippen LogP contribution is 2.30. The maximum Gasteiger partial charge on any atom is 0.263 e. The fourth-order valence-corrected chi connectivity index (χ4v) is 4.29. The summed E-state index contributed by atoms with van der Waals surface area (Å²) in [6.07, 6.45) is 1.95. The van der Waals surface area contributed by atoms with E-state index in [4.69, 9.17) is 4.74 Å². The zero-order chi connectivity index (χ0) is 18.6. The molecule has 1 saturated heterocycles. The minimum Gasteiger partial charge on any atom is -0.384 e. The molecular weight excluding hydrogens is 353 g/mol. The number of hydrogen-bond donors (Lipinski definition) is 2. The quantitative estimate of drug-likeness (QED) is 0.812. The predicted molar refractivity (Wildman–Crippen MR) is 101 cm³/mol. The van der Waals surface area contributed by atoms with Gasteiger partial charge in [-0.1, -0.05) is 0 Å². The summed E-state index contributed by atoms with van der Waals surface area (Å²) in [7, 11) is 1.70. The lowest BCUT2D eigenvalue weighted by Gasteiger charge is -2.37. The number of aromatic nitrogens is 1. The number of piperidine rings is 1. The van der Waals surface area contributed by atoms with Crippen molar-refractivity contribution < 1.29 is 13.9 Å². The zero-order valence-corrected chi connectivity index (χ0v) is 15.9. The topological polar surface area (TPSA) is 63.2 Å². The molecule has 0 atom stereocenters. The summed E-state index contributed by atoms with van der Waals surface area (Å²) in [4.78, 5) is 17.8. The molecule has 2 heterocycles. The zero-order valence-electron chi connectivity index (χ0n) is 15.1. The van der Waals surface area contributed by atoms with Gasteiger partial charge in [-0.3, -0.25) is 4.79 Å². The highest BCUT2D eigenvalue weighted by Gasteiger charge is 2.33. The van der Waals surface area contributed by atoms with Crippen LogP contribution in [-0.4, -0.2) is 44.2 Å². The first-order chi connectivity index (χ1) is 12.5. The molecule has 3 rings (SSSR count). The predicted octanol–water partition coefficient (Wildman–Crippen LogP) is 3.00. The lowest BCUT2D eigenvalue weighted by atomic mass is 9.79. The Morgan fingerprint density at radius 3 is 2.69 bits per heavy atom. The van der Waals surface area contributed by atoms with Crippen molar-refractivity contribution in [2.24, 2.45) is 5.41 Å². The Morgan fingerprint density at radius 1 is 1.35 bits per heavy atom. The normalized spacial score (nSPS) is 16.4. The smallest absolute Gasteiger partial charge is 0.263 e. The van der Waals surface area contributed by atoms with E-state index in [1.807, 2.05) is 6.92 Å². The Kier molecular flexibility index (Phi) is 6.01. The van der Waals surface area contributed by atoms with Gasteiger partial charge in [0.25, 0.3) is 5.91 Å². The number of amides is 1. The molecule has 2 N–H and O–H groups in total. The summed E-state index contributed by atoms with van der Waals surface area (Å²) in [6.45, 7) is 4.93. The van der Waals surface area contributed by atoms with Crippen molar-refractivity contribution in [3.05, 3.63) is 40.7 Å². The van der Waals surface area contributed by atoms with Crippen LogP contribution in [0.5, 0.6) is 0 Å². The van der Waals surface area contributed by atoms with E-state index in [-0.39, 0.29) is 17.1 Å². The fourth-order valence-electron chi connectivity index (χ4n) is 3.31. The molecule has 0 aliphatic carbocycles. The molecule has 2 aromatic rings. The highest BCUT2D eigenvalue weighted by molar-refractivity contribution is 7.17. The van der Waals surface area contributed by atoms with Crippen LogP contribution >= 0.6 is 11.3 Å². The molecule has 5 nitrogen and oxygen atoms in total. The molecule has 140 valence electrons. The molecule has 0 spiro atoms. The summed E-state index contributed by atoms with van der Waals surface area (Å²) >= 11 is 1.34. The number of halogens is 1. The fraction of sp³-hybridized carbons (Fsp3) is 0.474. The first-order valence-corrected chi connectivity index (χ1v) is 9.56. The molecule has 1 amide bonds. The number of methoxy groups -OCH3 is 1. The maximum atomic E-state index is 13.1. The van der Waals surface area contributed by atoms with E-state index in [2.05, 4.69) is 15.6 Å². The van der Waals surface area contributed by atoms with E-state index in [0.717, 1.165) is 36.5 Å².